The molecule has 102 valence electrons. The van der Waals surface area contributed by atoms with E-state index in [4.69, 9.17) is 8.96 Å². The molecule has 0 aliphatic heterocycles. The monoisotopic (exact) mass is 408 g/mol. The van der Waals surface area contributed by atoms with Crippen LogP contribution in [-0.4, -0.2) is 25.6 Å². The molecule has 0 saturated carbocycles. The second-order valence-corrected chi connectivity index (χ2v) is 6.70. The molecule has 0 aliphatic carbocycles. The third-order valence-corrected chi connectivity index (χ3v) is 5.15. The van der Waals surface area contributed by atoms with E-state index < -0.39 is 37.2 Å². The number of halogens is 3. The number of hydrogen-bond acceptors (Lipinski definition) is 1. The Labute approximate surface area is 129 Å². The van der Waals surface area contributed by atoms with Gasteiger partial charge in [0.05, 0.1) is 0 Å². The van der Waals surface area contributed by atoms with E-state index in [9.17, 15) is 13.6 Å². The van der Waals surface area contributed by atoms with Crippen LogP contribution in [0, 0.1) is 11.6 Å². The number of carbonyl (C=O) groups excluding carboxylic acids is 1. The van der Waals surface area contributed by atoms with Gasteiger partial charge in [-0.3, -0.25) is 0 Å². The Morgan fingerprint density at radius 2 is 1.60 bits per heavy atom. The van der Waals surface area contributed by atoms with Gasteiger partial charge in [-0.15, -0.1) is 0 Å². The molecule has 0 aromatic heterocycles. The summed E-state index contributed by atoms with van der Waals surface area (Å²) < 4.78 is 26.9. The van der Waals surface area contributed by atoms with E-state index in [-0.39, 0.29) is 5.56 Å². The quantitative estimate of drug-likeness (QED) is 0.426. The van der Waals surface area contributed by atoms with Crippen molar-refractivity contribution in [2.45, 2.75) is 0 Å². The molecule has 0 aliphatic rings. The Hall–Kier alpha value is -1.21. The van der Waals surface area contributed by atoms with Crippen LogP contribution in [0.25, 0.3) is 3.62 Å². The summed E-state index contributed by atoms with van der Waals surface area (Å²) in [5, 5.41) is 0. The average Bonchev–Trinajstić information content (AvgIpc) is 2.44. The summed E-state index contributed by atoms with van der Waals surface area (Å²) in [5.74, 6) is -2.00. The van der Waals surface area contributed by atoms with Crippen LogP contribution >= 0.6 is 8.96 Å². The van der Waals surface area contributed by atoms with Crippen LogP contribution < -0.4 is 0 Å². The van der Waals surface area contributed by atoms with Gasteiger partial charge < -0.3 is 0 Å². The molecular formula is C15H9ClF2OTe. The predicted molar refractivity (Wildman–Crippen MR) is 76.7 cm³/mol. The molecule has 0 fully saturated rings. The average molecular weight is 406 g/mol. The van der Waals surface area contributed by atoms with Crippen LogP contribution in [0.1, 0.15) is 15.9 Å². The summed E-state index contributed by atoms with van der Waals surface area (Å²) in [6.07, 6.45) is 1.36. The van der Waals surface area contributed by atoms with Crippen LogP contribution in [0.5, 0.6) is 0 Å². The summed E-state index contributed by atoms with van der Waals surface area (Å²) in [4.78, 5) is 12.0. The van der Waals surface area contributed by atoms with Gasteiger partial charge in [0.2, 0.25) is 0 Å². The second-order valence-electron chi connectivity index (χ2n) is 3.97. The molecule has 0 amide bonds. The molecular weight excluding hydrogens is 397 g/mol. The predicted octanol–water partition coefficient (Wildman–Crippen LogP) is 4.05. The standard InChI is InChI=1S/C15H9ClF2OTe/c16-20-15(10-4-2-1-3-5-10)9-14(19)11-6-12(17)8-13(18)7-11/h1-9H/b15-9-. The van der Waals surface area contributed by atoms with Gasteiger partial charge in [-0.2, -0.15) is 0 Å². The van der Waals surface area contributed by atoms with Crippen LogP contribution in [0.15, 0.2) is 54.6 Å². The van der Waals surface area contributed by atoms with Crippen molar-refractivity contribution in [3.8, 4) is 0 Å². The zero-order valence-electron chi connectivity index (χ0n) is 10.1. The topological polar surface area (TPSA) is 17.1 Å². The first-order chi connectivity index (χ1) is 9.60. The van der Waals surface area contributed by atoms with Gasteiger partial charge in [-0.05, 0) is 0 Å². The van der Waals surface area contributed by atoms with E-state index in [1.54, 1.807) is 0 Å². The Morgan fingerprint density at radius 3 is 2.15 bits per heavy atom. The summed E-state index contributed by atoms with van der Waals surface area (Å²) in [5.41, 5.74) is 0.837. The van der Waals surface area contributed by atoms with Gasteiger partial charge in [-0.25, -0.2) is 0 Å². The third-order valence-electron chi connectivity index (χ3n) is 2.55. The molecule has 0 radical (unpaired) electrons. The van der Waals surface area contributed by atoms with Crippen LogP contribution in [0.4, 0.5) is 8.78 Å². The molecule has 20 heavy (non-hydrogen) atoms. The molecule has 0 unspecified atom stereocenters. The number of allylic oxidation sites excluding steroid dienone is 1. The number of ketones is 1. The van der Waals surface area contributed by atoms with E-state index in [0.29, 0.717) is 0 Å². The SMILES string of the molecule is O=C(/C=C(\[Te]Cl)c1ccccc1)c1cc(F)cc(F)c1. The molecule has 1 nitrogen and oxygen atoms in total. The molecule has 5 heteroatoms. The fourth-order valence-corrected chi connectivity index (χ4v) is 3.62. The summed E-state index contributed by atoms with van der Waals surface area (Å²) in [6, 6.07) is 12.0. The molecule has 0 bridgehead atoms. The first-order valence-electron chi connectivity index (χ1n) is 5.66. The van der Waals surface area contributed by atoms with Gasteiger partial charge in [0.1, 0.15) is 0 Å². The van der Waals surface area contributed by atoms with Crippen molar-refractivity contribution >= 4 is 38.2 Å². The maximum atomic E-state index is 13.1. The van der Waals surface area contributed by atoms with Crippen LogP contribution in [-0.2, 0) is 0 Å². The maximum absolute atomic E-state index is 13.1. The number of rotatable bonds is 4. The van der Waals surface area contributed by atoms with Crippen molar-refractivity contribution in [2.24, 2.45) is 0 Å². The van der Waals surface area contributed by atoms with Crippen LogP contribution in [0.2, 0.25) is 0 Å². The number of carbonyl (C=O) groups is 1. The normalized spacial score (nSPS) is 11.4. The minimum absolute atomic E-state index is 0.0199. The molecule has 0 N–H and O–H groups in total. The third kappa shape index (κ3) is 3.89. The van der Waals surface area contributed by atoms with Crippen molar-refractivity contribution < 1.29 is 13.6 Å². The number of hydrogen-bond donors (Lipinski definition) is 0. The van der Waals surface area contributed by atoms with Gasteiger partial charge in [-0.1, -0.05) is 0 Å². The van der Waals surface area contributed by atoms with Gasteiger partial charge in [0, 0.05) is 0 Å². The van der Waals surface area contributed by atoms with Crippen molar-refractivity contribution in [3.05, 3.63) is 77.4 Å². The van der Waals surface area contributed by atoms with E-state index >= 15 is 0 Å². The molecule has 0 atom stereocenters. The van der Waals surface area contributed by atoms with E-state index in [1.165, 1.54) is 6.08 Å². The van der Waals surface area contributed by atoms with Crippen molar-refractivity contribution in [3.63, 3.8) is 0 Å². The Balaban J connectivity index is 2.35. The minimum atomic E-state index is -1.03. The van der Waals surface area contributed by atoms with Crippen molar-refractivity contribution in [1.82, 2.24) is 0 Å². The first-order valence-corrected chi connectivity index (χ1v) is 9.78. The van der Waals surface area contributed by atoms with Crippen molar-refractivity contribution in [1.29, 1.82) is 0 Å². The fourth-order valence-electron chi connectivity index (χ4n) is 1.65. The van der Waals surface area contributed by atoms with Gasteiger partial charge in [0.25, 0.3) is 0 Å². The molecule has 0 heterocycles. The molecule has 0 spiro atoms. The van der Waals surface area contributed by atoms with E-state index in [0.717, 1.165) is 27.4 Å². The number of benzene rings is 2. The van der Waals surface area contributed by atoms with E-state index in [2.05, 4.69) is 0 Å². The zero-order chi connectivity index (χ0) is 14.5. The van der Waals surface area contributed by atoms with Crippen LogP contribution in [0.3, 0.4) is 0 Å². The van der Waals surface area contributed by atoms with E-state index in [1.807, 2.05) is 30.3 Å². The summed E-state index contributed by atoms with van der Waals surface area (Å²) in [6.45, 7) is 0. The Morgan fingerprint density at radius 1 is 1.00 bits per heavy atom. The second kappa shape index (κ2) is 6.99. The molecule has 2 aromatic rings. The summed E-state index contributed by atoms with van der Waals surface area (Å²) >= 11 is -1.03. The molecule has 2 aromatic carbocycles. The first kappa shape index (κ1) is 15.2. The fraction of sp³-hybridized carbons (Fsp3) is 0. The Bertz CT molecular complexity index is 636. The van der Waals surface area contributed by atoms with Crippen molar-refractivity contribution in [2.75, 3.05) is 0 Å². The summed E-state index contributed by atoms with van der Waals surface area (Å²) in [7, 11) is 5.96. The van der Waals surface area contributed by atoms with Gasteiger partial charge >= 0.3 is 129 Å². The van der Waals surface area contributed by atoms with Gasteiger partial charge in [0.15, 0.2) is 0 Å². The Kier molecular flexibility index (Phi) is 5.30. The molecule has 2 rings (SSSR count). The molecule has 0 saturated heterocycles. The zero-order valence-corrected chi connectivity index (χ0v) is 13.2.